The number of hydrogen-bond acceptors (Lipinski definition) is 8. The summed E-state index contributed by atoms with van der Waals surface area (Å²) in [5.74, 6) is 7.19. The van der Waals surface area contributed by atoms with E-state index in [-0.39, 0.29) is 0 Å². The molecule has 1 aromatic carbocycles. The van der Waals surface area contributed by atoms with Crippen LogP contribution in [-0.4, -0.2) is 48.2 Å². The van der Waals surface area contributed by atoms with E-state index in [9.17, 15) is 0 Å². The number of nitrogens with two attached hydrogens (primary N) is 1. The quantitative estimate of drug-likeness (QED) is 0.421. The van der Waals surface area contributed by atoms with Gasteiger partial charge in [0.15, 0.2) is 0 Å². The summed E-state index contributed by atoms with van der Waals surface area (Å²) in [6.45, 7) is 3.79. The molecule has 0 radical (unpaired) electrons. The number of aliphatic imine (C=N–C) groups is 2. The third-order valence-electron chi connectivity index (χ3n) is 3.30. The second kappa shape index (κ2) is 6.42. The summed E-state index contributed by atoms with van der Waals surface area (Å²) in [5.41, 5.74) is 3.85. The number of nitrogens with one attached hydrogen (secondary N) is 3. The zero-order valence-electron chi connectivity index (χ0n) is 11.8. The highest BCUT2D eigenvalue weighted by atomic mass is 15.9. The van der Waals surface area contributed by atoms with Crippen molar-refractivity contribution in [3.63, 3.8) is 0 Å². The van der Waals surface area contributed by atoms with Crippen molar-refractivity contribution < 1.29 is 0 Å². The zero-order chi connectivity index (χ0) is 14.5. The van der Waals surface area contributed by atoms with Crippen LogP contribution in [0, 0.1) is 0 Å². The Balaban J connectivity index is 1.84. The summed E-state index contributed by atoms with van der Waals surface area (Å²) < 4.78 is 0. The Morgan fingerprint density at radius 1 is 1.05 bits per heavy atom. The summed E-state index contributed by atoms with van der Waals surface area (Å²) in [5, 5.41) is 10.1. The summed E-state index contributed by atoms with van der Waals surface area (Å²) in [6.07, 6.45) is 0. The highest BCUT2D eigenvalue weighted by Gasteiger charge is 2.26. The zero-order valence-corrected chi connectivity index (χ0v) is 11.8. The average Bonchev–Trinajstić information content (AvgIpc) is 3.22. The normalized spacial score (nSPS) is 16.8. The van der Waals surface area contributed by atoms with Gasteiger partial charge in [0.2, 0.25) is 11.9 Å². The fourth-order valence-corrected chi connectivity index (χ4v) is 2.33. The van der Waals surface area contributed by atoms with Crippen LogP contribution in [0.15, 0.2) is 40.3 Å². The fraction of sp³-hybridized carbons (Fsp3) is 0.385. The molecule has 21 heavy (non-hydrogen) atoms. The van der Waals surface area contributed by atoms with Crippen LogP contribution in [-0.2, 0) is 6.54 Å². The van der Waals surface area contributed by atoms with E-state index in [1.807, 2.05) is 23.2 Å². The van der Waals surface area contributed by atoms with Gasteiger partial charge < -0.3 is 10.6 Å². The number of nitrogens with zero attached hydrogens (tertiary/aromatic N) is 4. The minimum absolute atomic E-state index is 0.636. The lowest BCUT2D eigenvalue weighted by Crippen LogP contribution is -2.62. The van der Waals surface area contributed by atoms with E-state index in [1.165, 1.54) is 0 Å². The molecule has 112 valence electrons. The molecular weight excluding hydrogens is 268 g/mol. The fourth-order valence-electron chi connectivity index (χ4n) is 2.33. The lowest BCUT2D eigenvalue weighted by atomic mass is 10.2. The van der Waals surface area contributed by atoms with Gasteiger partial charge in [-0.05, 0) is 5.56 Å². The lowest BCUT2D eigenvalue weighted by Gasteiger charge is -2.35. The second-order valence-electron chi connectivity index (χ2n) is 4.75. The van der Waals surface area contributed by atoms with Crippen LogP contribution in [0.2, 0.25) is 0 Å². The van der Waals surface area contributed by atoms with Crippen LogP contribution in [0.3, 0.4) is 0 Å². The number of guanidine groups is 2. The van der Waals surface area contributed by atoms with Crippen molar-refractivity contribution >= 4 is 11.9 Å². The Bertz CT molecular complexity index is 526. The van der Waals surface area contributed by atoms with Gasteiger partial charge in [-0.3, -0.25) is 5.84 Å². The van der Waals surface area contributed by atoms with E-state index < -0.39 is 0 Å². The van der Waals surface area contributed by atoms with E-state index in [4.69, 9.17) is 5.84 Å². The molecule has 0 unspecified atom stereocenters. The molecule has 0 aromatic heterocycles. The van der Waals surface area contributed by atoms with Gasteiger partial charge >= 0.3 is 0 Å². The molecule has 0 saturated carbocycles. The van der Waals surface area contributed by atoms with E-state index >= 15 is 0 Å². The van der Waals surface area contributed by atoms with E-state index in [1.54, 1.807) is 5.12 Å². The van der Waals surface area contributed by atoms with Gasteiger partial charge in [-0.2, -0.15) is 5.12 Å². The van der Waals surface area contributed by atoms with Gasteiger partial charge in [-0.15, -0.1) is 5.53 Å². The van der Waals surface area contributed by atoms with Crippen LogP contribution >= 0.6 is 0 Å². The minimum Gasteiger partial charge on any atom is -0.353 e. The molecule has 0 saturated heterocycles. The summed E-state index contributed by atoms with van der Waals surface area (Å²) in [6, 6.07) is 10.2. The largest absolute Gasteiger partial charge is 0.353 e. The molecule has 0 fully saturated rings. The molecule has 3 rings (SSSR count). The molecule has 8 nitrogen and oxygen atoms in total. The Hall–Kier alpha value is -2.32. The monoisotopic (exact) mass is 288 g/mol. The number of hydrogen-bond donors (Lipinski definition) is 4. The highest BCUT2D eigenvalue weighted by Crippen LogP contribution is 2.09. The minimum atomic E-state index is 0.636. The molecule has 0 atom stereocenters. The van der Waals surface area contributed by atoms with Gasteiger partial charge in [-0.1, -0.05) is 30.3 Å². The molecule has 8 heteroatoms. The third-order valence-corrected chi connectivity index (χ3v) is 3.30. The average molecular weight is 288 g/mol. The topological polar surface area (TPSA) is 93.3 Å². The first-order valence-electron chi connectivity index (χ1n) is 7.03. The predicted molar refractivity (Wildman–Crippen MR) is 81.8 cm³/mol. The highest BCUT2D eigenvalue weighted by molar-refractivity contribution is 5.86. The third kappa shape index (κ3) is 3.06. The van der Waals surface area contributed by atoms with Gasteiger partial charge in [0.25, 0.3) is 0 Å². The molecule has 1 aromatic rings. The van der Waals surface area contributed by atoms with Crippen molar-refractivity contribution in [3.05, 3.63) is 35.9 Å². The van der Waals surface area contributed by atoms with Gasteiger partial charge in [0.05, 0.1) is 19.6 Å². The lowest BCUT2D eigenvalue weighted by molar-refractivity contribution is 0.0587. The first kappa shape index (κ1) is 13.7. The SMILES string of the molecule is NNN(C1=NCCN1)N(Cc1ccccc1)C1=NCCN1. The maximum Gasteiger partial charge on any atom is 0.230 e. The Labute approximate surface area is 123 Å². The van der Waals surface area contributed by atoms with Crippen molar-refractivity contribution in [2.45, 2.75) is 6.54 Å². The molecule has 0 aliphatic carbocycles. The predicted octanol–water partition coefficient (Wildman–Crippen LogP) is -0.998. The maximum absolute atomic E-state index is 5.71. The first-order valence-corrected chi connectivity index (χ1v) is 7.03. The van der Waals surface area contributed by atoms with Crippen LogP contribution in [0.4, 0.5) is 0 Å². The van der Waals surface area contributed by atoms with Crippen LogP contribution in [0.5, 0.6) is 0 Å². The van der Waals surface area contributed by atoms with Crippen molar-refractivity contribution in [3.8, 4) is 0 Å². The van der Waals surface area contributed by atoms with E-state index in [0.717, 1.165) is 37.7 Å². The molecule has 2 heterocycles. The standard InChI is InChI=1S/C13H20N8/c14-19-21(13-17-8-9-18-13)20(12-15-6-7-16-12)10-11-4-2-1-3-5-11/h1-5,19H,6-10,14H2,(H,15,16)(H,17,18). The number of hydrazine groups is 3. The van der Waals surface area contributed by atoms with Crippen LogP contribution in [0.25, 0.3) is 0 Å². The second-order valence-corrected chi connectivity index (χ2v) is 4.75. The Morgan fingerprint density at radius 3 is 2.29 bits per heavy atom. The smallest absolute Gasteiger partial charge is 0.230 e. The van der Waals surface area contributed by atoms with E-state index in [2.05, 4.69) is 38.3 Å². The van der Waals surface area contributed by atoms with Gasteiger partial charge in [-0.25, -0.2) is 15.0 Å². The number of rotatable bonds is 3. The van der Waals surface area contributed by atoms with E-state index in [0.29, 0.717) is 12.5 Å². The number of benzene rings is 1. The Kier molecular flexibility index (Phi) is 4.17. The van der Waals surface area contributed by atoms with Crippen LogP contribution < -0.4 is 22.0 Å². The van der Waals surface area contributed by atoms with Crippen molar-refractivity contribution in [1.29, 1.82) is 0 Å². The first-order chi connectivity index (χ1) is 10.4. The van der Waals surface area contributed by atoms with Gasteiger partial charge in [0, 0.05) is 13.1 Å². The van der Waals surface area contributed by atoms with Crippen LogP contribution in [0.1, 0.15) is 5.56 Å². The molecule has 2 aliphatic rings. The molecule has 2 aliphatic heterocycles. The maximum atomic E-state index is 5.71. The van der Waals surface area contributed by atoms with Crippen molar-refractivity contribution in [1.82, 2.24) is 26.3 Å². The van der Waals surface area contributed by atoms with Crippen molar-refractivity contribution in [2.24, 2.45) is 15.8 Å². The van der Waals surface area contributed by atoms with Gasteiger partial charge in [0.1, 0.15) is 0 Å². The Morgan fingerprint density at radius 2 is 1.71 bits per heavy atom. The van der Waals surface area contributed by atoms with Crippen molar-refractivity contribution in [2.75, 3.05) is 26.2 Å². The summed E-state index contributed by atoms with van der Waals surface area (Å²) in [7, 11) is 0. The summed E-state index contributed by atoms with van der Waals surface area (Å²) >= 11 is 0. The molecule has 0 amide bonds. The molecule has 0 bridgehead atoms. The molecule has 0 spiro atoms. The molecule has 5 N–H and O–H groups in total. The molecular formula is C13H20N8. The summed E-state index contributed by atoms with van der Waals surface area (Å²) in [4.78, 5) is 8.89.